The number of ether oxygens (including phenoxy) is 2. The maximum atomic E-state index is 13.1. The lowest BCUT2D eigenvalue weighted by Crippen LogP contribution is -2.49. The summed E-state index contributed by atoms with van der Waals surface area (Å²) in [6.07, 6.45) is -2.08. The molecule has 0 spiro atoms. The summed E-state index contributed by atoms with van der Waals surface area (Å²) in [4.78, 5) is 27.4. The van der Waals surface area contributed by atoms with Gasteiger partial charge in [-0.3, -0.25) is 9.59 Å². The van der Waals surface area contributed by atoms with Crippen LogP contribution >= 0.6 is 0 Å². The third kappa shape index (κ3) is 4.65. The lowest BCUT2D eigenvalue weighted by molar-refractivity contribution is -0.0248. The molecule has 6 N–H and O–H groups in total. The van der Waals surface area contributed by atoms with Gasteiger partial charge in [0.1, 0.15) is 0 Å². The van der Waals surface area contributed by atoms with Crippen molar-refractivity contribution in [3.63, 3.8) is 0 Å². The highest BCUT2D eigenvalue weighted by Gasteiger charge is 2.40. The summed E-state index contributed by atoms with van der Waals surface area (Å²) in [5.41, 5.74) is 7.13. The Hall–Kier alpha value is -3.34. The van der Waals surface area contributed by atoms with E-state index in [0.717, 1.165) is 5.56 Å². The first-order valence-electron chi connectivity index (χ1n) is 11.0. The SMILES string of the molecule is CN(C)Cc1cccc(C(=O)NC2C[C@@H](O)[C@@H](O)CC2c2cc3c(c(O)c2C(N)=O)OCO3)c1. The number of amides is 2. The van der Waals surface area contributed by atoms with Gasteiger partial charge in [0, 0.05) is 24.1 Å². The molecule has 0 aromatic heterocycles. The van der Waals surface area contributed by atoms with Crippen molar-refractivity contribution in [1.29, 1.82) is 0 Å². The van der Waals surface area contributed by atoms with Gasteiger partial charge in [-0.25, -0.2) is 0 Å². The summed E-state index contributed by atoms with van der Waals surface area (Å²) in [6.45, 7) is 0.538. The van der Waals surface area contributed by atoms with Crippen LogP contribution in [0.15, 0.2) is 30.3 Å². The Balaban J connectivity index is 1.68. The number of hydrogen-bond donors (Lipinski definition) is 5. The maximum absolute atomic E-state index is 13.1. The van der Waals surface area contributed by atoms with E-state index in [1.807, 2.05) is 25.1 Å². The van der Waals surface area contributed by atoms with Crippen molar-refractivity contribution >= 4 is 11.8 Å². The molecule has 2 aromatic rings. The number of aromatic hydroxyl groups is 1. The van der Waals surface area contributed by atoms with Crippen molar-refractivity contribution in [2.75, 3.05) is 20.9 Å². The second-order valence-corrected chi connectivity index (χ2v) is 9.02. The van der Waals surface area contributed by atoms with Gasteiger partial charge in [-0.15, -0.1) is 0 Å². The molecule has 1 aliphatic heterocycles. The van der Waals surface area contributed by atoms with Crippen molar-refractivity contribution in [3.8, 4) is 17.2 Å². The third-order valence-corrected chi connectivity index (χ3v) is 6.24. The first kappa shape index (κ1) is 23.8. The number of rotatable bonds is 6. The molecular weight excluding hydrogens is 442 g/mol. The Morgan fingerprint density at radius 3 is 2.59 bits per heavy atom. The number of primary amides is 1. The Labute approximate surface area is 196 Å². The van der Waals surface area contributed by atoms with Crippen molar-refractivity contribution in [3.05, 3.63) is 52.6 Å². The molecule has 4 atom stereocenters. The molecule has 10 nitrogen and oxygen atoms in total. The summed E-state index contributed by atoms with van der Waals surface area (Å²) in [5, 5.41) is 34.3. The second kappa shape index (κ2) is 9.49. The van der Waals surface area contributed by atoms with Crippen molar-refractivity contribution in [2.45, 2.75) is 43.6 Å². The highest BCUT2D eigenvalue weighted by Crippen LogP contribution is 2.48. The summed E-state index contributed by atoms with van der Waals surface area (Å²) < 4.78 is 10.6. The molecule has 2 aliphatic rings. The molecule has 182 valence electrons. The van der Waals surface area contributed by atoms with Crippen LogP contribution in [-0.2, 0) is 6.54 Å². The molecule has 1 heterocycles. The van der Waals surface area contributed by atoms with Gasteiger partial charge in [-0.2, -0.15) is 0 Å². The van der Waals surface area contributed by atoms with E-state index < -0.39 is 35.8 Å². The number of hydrogen-bond acceptors (Lipinski definition) is 8. The summed E-state index contributed by atoms with van der Waals surface area (Å²) in [7, 11) is 3.87. The molecule has 1 fully saturated rings. The molecule has 0 saturated heterocycles. The fraction of sp³-hybridized carbons (Fsp3) is 0.417. The van der Waals surface area contributed by atoms with Crippen LogP contribution in [0.1, 0.15) is 50.6 Å². The molecule has 34 heavy (non-hydrogen) atoms. The largest absolute Gasteiger partial charge is 0.504 e. The van der Waals surface area contributed by atoms with Crippen molar-refractivity contribution in [2.24, 2.45) is 5.73 Å². The lowest BCUT2D eigenvalue weighted by Gasteiger charge is -2.38. The Morgan fingerprint density at radius 2 is 1.88 bits per heavy atom. The average Bonchev–Trinajstić information content (AvgIpc) is 3.24. The van der Waals surface area contributed by atoms with Gasteiger partial charge in [0.25, 0.3) is 11.8 Å². The second-order valence-electron chi connectivity index (χ2n) is 9.02. The molecule has 2 unspecified atom stereocenters. The first-order valence-corrected chi connectivity index (χ1v) is 11.0. The van der Waals surface area contributed by atoms with Gasteiger partial charge >= 0.3 is 0 Å². The van der Waals surface area contributed by atoms with Gasteiger partial charge in [-0.1, -0.05) is 12.1 Å². The van der Waals surface area contributed by atoms with Gasteiger partial charge in [0.05, 0.1) is 17.8 Å². The number of carbonyl (C=O) groups is 2. The number of nitrogens with zero attached hydrogens (tertiary/aromatic N) is 1. The highest BCUT2D eigenvalue weighted by molar-refractivity contribution is 5.99. The number of fused-ring (bicyclic) bond motifs is 1. The summed E-state index contributed by atoms with van der Waals surface area (Å²) in [6, 6.07) is 8.09. The Bertz CT molecular complexity index is 1100. The topological polar surface area (TPSA) is 155 Å². The standard InChI is InChI=1S/C24H29N3O7/c1-27(2)10-12-4-3-5-13(6-12)24(32)26-16-9-18(29)17(28)7-14(16)15-8-19-22(34-11-33-19)21(30)20(15)23(25)31/h3-6,8,14,16-18,28-30H,7,9-11H2,1-2H3,(H2,25,31)(H,26,32)/t14?,16?,17-,18+/m0/s1. The number of aliphatic hydroxyl groups excluding tert-OH is 2. The van der Waals surface area contributed by atoms with Gasteiger partial charge in [0.15, 0.2) is 11.5 Å². The van der Waals surface area contributed by atoms with Crippen LogP contribution < -0.4 is 20.5 Å². The molecule has 4 rings (SSSR count). The molecule has 1 saturated carbocycles. The predicted molar refractivity (Wildman–Crippen MR) is 122 cm³/mol. The van der Waals surface area contributed by atoms with Crippen LogP contribution in [0.2, 0.25) is 0 Å². The third-order valence-electron chi connectivity index (χ3n) is 6.24. The molecule has 10 heteroatoms. The Morgan fingerprint density at radius 1 is 1.15 bits per heavy atom. The minimum absolute atomic E-state index is 0.0206. The van der Waals surface area contributed by atoms with E-state index in [1.165, 1.54) is 6.07 Å². The van der Waals surface area contributed by atoms with E-state index in [1.54, 1.807) is 18.2 Å². The number of aliphatic hydroxyl groups is 2. The number of nitrogens with one attached hydrogen (secondary N) is 1. The average molecular weight is 472 g/mol. The minimum Gasteiger partial charge on any atom is -0.504 e. The maximum Gasteiger partial charge on any atom is 0.252 e. The van der Waals surface area contributed by atoms with E-state index >= 15 is 0 Å². The molecular formula is C24H29N3O7. The molecule has 0 bridgehead atoms. The lowest BCUT2D eigenvalue weighted by atomic mass is 9.75. The quantitative estimate of drug-likeness (QED) is 0.412. The van der Waals surface area contributed by atoms with Gasteiger partial charge < -0.3 is 40.7 Å². The van der Waals surface area contributed by atoms with Crippen molar-refractivity contribution in [1.82, 2.24) is 10.2 Å². The Kier molecular flexibility index (Phi) is 6.65. The number of phenols is 1. The van der Waals surface area contributed by atoms with E-state index in [-0.39, 0.29) is 42.6 Å². The van der Waals surface area contributed by atoms with E-state index in [4.69, 9.17) is 15.2 Å². The van der Waals surface area contributed by atoms with E-state index in [2.05, 4.69) is 5.32 Å². The molecule has 2 amide bonds. The van der Waals surface area contributed by atoms with Gasteiger partial charge in [-0.05, 0) is 56.3 Å². The van der Waals surface area contributed by atoms with Gasteiger partial charge in [0.2, 0.25) is 12.5 Å². The van der Waals surface area contributed by atoms with Crippen LogP contribution in [0, 0.1) is 0 Å². The number of benzene rings is 2. The zero-order valence-electron chi connectivity index (χ0n) is 19.0. The zero-order chi connectivity index (χ0) is 24.6. The van der Waals surface area contributed by atoms with Crippen LogP contribution in [0.5, 0.6) is 17.2 Å². The van der Waals surface area contributed by atoms with Crippen LogP contribution in [0.25, 0.3) is 0 Å². The predicted octanol–water partition coefficient (Wildman–Crippen LogP) is 0.679. The normalized spacial score (nSPS) is 23.7. The smallest absolute Gasteiger partial charge is 0.252 e. The van der Waals surface area contributed by atoms with Crippen LogP contribution in [-0.4, -0.2) is 71.2 Å². The van der Waals surface area contributed by atoms with Crippen LogP contribution in [0.3, 0.4) is 0 Å². The monoisotopic (exact) mass is 471 g/mol. The molecule has 1 aliphatic carbocycles. The highest BCUT2D eigenvalue weighted by atomic mass is 16.7. The number of carbonyl (C=O) groups excluding carboxylic acids is 2. The van der Waals surface area contributed by atoms with E-state index in [9.17, 15) is 24.9 Å². The summed E-state index contributed by atoms with van der Waals surface area (Å²) >= 11 is 0. The fourth-order valence-electron chi connectivity index (χ4n) is 4.69. The minimum atomic E-state index is -1.09. The fourth-order valence-corrected chi connectivity index (χ4v) is 4.69. The van der Waals surface area contributed by atoms with E-state index in [0.29, 0.717) is 17.7 Å². The van der Waals surface area contributed by atoms with Crippen LogP contribution in [0.4, 0.5) is 0 Å². The zero-order valence-corrected chi connectivity index (χ0v) is 19.0. The molecule has 0 radical (unpaired) electrons. The first-order chi connectivity index (χ1) is 16.2. The number of nitrogens with two attached hydrogens (primary N) is 1. The summed E-state index contributed by atoms with van der Waals surface area (Å²) in [5.74, 6) is -2.06. The van der Waals surface area contributed by atoms with Crippen molar-refractivity contribution < 1.29 is 34.4 Å². The molecule has 2 aromatic carbocycles.